The predicted octanol–water partition coefficient (Wildman–Crippen LogP) is 2.56. The first-order valence-electron chi connectivity index (χ1n) is 8.94. The average molecular weight is 350 g/mol. The van der Waals surface area contributed by atoms with Crippen molar-refractivity contribution >= 4 is 5.91 Å². The van der Waals surface area contributed by atoms with Crippen molar-refractivity contribution in [3.63, 3.8) is 0 Å². The molecule has 1 fully saturated rings. The average Bonchev–Trinajstić information content (AvgIpc) is 3.41. The number of amides is 1. The molecule has 0 spiro atoms. The molecule has 0 aromatic carbocycles. The van der Waals surface area contributed by atoms with Crippen LogP contribution >= 0.6 is 0 Å². The van der Waals surface area contributed by atoms with Crippen molar-refractivity contribution in [1.29, 1.82) is 0 Å². The van der Waals surface area contributed by atoms with Crippen molar-refractivity contribution in [2.45, 2.75) is 32.9 Å². The van der Waals surface area contributed by atoms with Crippen LogP contribution in [0, 0.1) is 6.92 Å². The fourth-order valence-electron chi connectivity index (χ4n) is 3.57. The fourth-order valence-corrected chi connectivity index (χ4v) is 3.57. The van der Waals surface area contributed by atoms with Gasteiger partial charge in [-0.3, -0.25) is 14.5 Å². The van der Waals surface area contributed by atoms with Crippen molar-refractivity contribution in [3.8, 4) is 11.4 Å². The third kappa shape index (κ3) is 2.89. The zero-order valence-corrected chi connectivity index (χ0v) is 15.0. The van der Waals surface area contributed by atoms with Gasteiger partial charge in [0.05, 0.1) is 6.04 Å². The molecule has 1 amide bonds. The fraction of sp³-hybridized carbons (Fsp3) is 0.368. The number of aromatic nitrogens is 5. The highest BCUT2D eigenvalue weighted by atomic mass is 16.2. The molecule has 7 heteroatoms. The maximum atomic E-state index is 12.7. The van der Waals surface area contributed by atoms with Gasteiger partial charge in [-0.1, -0.05) is 0 Å². The maximum absolute atomic E-state index is 12.7. The molecule has 1 atom stereocenters. The number of pyridine rings is 1. The molecule has 1 aliphatic heterocycles. The molecular weight excluding hydrogens is 328 g/mol. The summed E-state index contributed by atoms with van der Waals surface area (Å²) < 4.78 is 4.02. The second-order valence-corrected chi connectivity index (χ2v) is 6.58. The molecule has 0 N–H and O–H groups in total. The van der Waals surface area contributed by atoms with Crippen molar-refractivity contribution in [2.75, 3.05) is 13.1 Å². The number of nitrogens with zero attached hydrogens (tertiary/aromatic N) is 6. The number of rotatable bonds is 4. The lowest BCUT2D eigenvalue weighted by atomic mass is 10.2. The Bertz CT molecular complexity index is 913. The number of likely N-dealkylation sites (tertiary alicyclic amines) is 1. The topological polar surface area (TPSA) is 68.8 Å². The van der Waals surface area contributed by atoms with Crippen LogP contribution in [0.15, 0.2) is 43.0 Å². The molecule has 3 aromatic rings. The summed E-state index contributed by atoms with van der Waals surface area (Å²) in [5, 5.41) is 4.34. The summed E-state index contributed by atoms with van der Waals surface area (Å²) in [5.41, 5.74) is 2.66. The van der Waals surface area contributed by atoms with Gasteiger partial charge in [-0.15, -0.1) is 0 Å². The number of hydrogen-bond donors (Lipinski definition) is 0. The van der Waals surface area contributed by atoms with Crippen LogP contribution < -0.4 is 0 Å². The van der Waals surface area contributed by atoms with Crippen LogP contribution in [-0.4, -0.2) is 48.2 Å². The lowest BCUT2D eigenvalue weighted by Gasteiger charge is -2.19. The van der Waals surface area contributed by atoms with Crippen LogP contribution in [0.5, 0.6) is 0 Å². The van der Waals surface area contributed by atoms with Gasteiger partial charge < -0.3 is 9.47 Å². The largest absolute Gasteiger partial charge is 0.335 e. The highest BCUT2D eigenvalue weighted by molar-refractivity contribution is 5.92. The van der Waals surface area contributed by atoms with E-state index >= 15 is 0 Å². The SMILES string of the molecule is CCn1ccc(C(=O)N2CCC(n3c(C)cnc3-c3ccncc3)C2)n1. The summed E-state index contributed by atoms with van der Waals surface area (Å²) in [6.07, 6.45) is 8.21. The van der Waals surface area contributed by atoms with Crippen LogP contribution in [0.2, 0.25) is 0 Å². The highest BCUT2D eigenvalue weighted by Gasteiger charge is 2.31. The van der Waals surface area contributed by atoms with E-state index in [-0.39, 0.29) is 11.9 Å². The Hall–Kier alpha value is -2.96. The van der Waals surface area contributed by atoms with E-state index in [1.165, 1.54) is 0 Å². The minimum Gasteiger partial charge on any atom is -0.335 e. The van der Waals surface area contributed by atoms with Gasteiger partial charge in [0.1, 0.15) is 11.5 Å². The van der Waals surface area contributed by atoms with E-state index in [1.807, 2.05) is 36.4 Å². The first-order valence-corrected chi connectivity index (χ1v) is 8.94. The minimum atomic E-state index is 0.00271. The molecule has 26 heavy (non-hydrogen) atoms. The van der Waals surface area contributed by atoms with E-state index in [4.69, 9.17) is 0 Å². The summed E-state index contributed by atoms with van der Waals surface area (Å²) in [4.78, 5) is 23.3. The maximum Gasteiger partial charge on any atom is 0.274 e. The first-order chi connectivity index (χ1) is 12.7. The number of carbonyl (C=O) groups is 1. The van der Waals surface area contributed by atoms with Gasteiger partial charge in [-0.05, 0) is 38.5 Å². The van der Waals surface area contributed by atoms with Crippen molar-refractivity contribution in [2.24, 2.45) is 0 Å². The van der Waals surface area contributed by atoms with Crippen molar-refractivity contribution in [1.82, 2.24) is 29.2 Å². The molecule has 0 bridgehead atoms. The Morgan fingerprint density at radius 2 is 2.08 bits per heavy atom. The second-order valence-electron chi connectivity index (χ2n) is 6.58. The minimum absolute atomic E-state index is 0.00271. The van der Waals surface area contributed by atoms with Crippen LogP contribution in [-0.2, 0) is 6.54 Å². The highest BCUT2D eigenvalue weighted by Crippen LogP contribution is 2.29. The Kier molecular flexibility index (Phi) is 4.28. The molecule has 0 radical (unpaired) electrons. The molecule has 0 saturated carbocycles. The molecule has 1 aliphatic rings. The van der Waals surface area contributed by atoms with E-state index in [0.29, 0.717) is 12.2 Å². The first kappa shape index (κ1) is 16.5. The number of hydrogen-bond acceptors (Lipinski definition) is 4. The summed E-state index contributed by atoms with van der Waals surface area (Å²) in [6.45, 7) is 6.24. The van der Waals surface area contributed by atoms with Gasteiger partial charge in [0.2, 0.25) is 0 Å². The summed E-state index contributed by atoms with van der Waals surface area (Å²) in [5.74, 6) is 0.933. The second kappa shape index (κ2) is 6.74. The lowest BCUT2D eigenvalue weighted by Crippen LogP contribution is -2.29. The molecule has 4 heterocycles. The van der Waals surface area contributed by atoms with E-state index in [1.54, 1.807) is 23.1 Å². The number of aryl methyl sites for hydroxylation is 2. The quantitative estimate of drug-likeness (QED) is 0.725. The standard InChI is InChI=1S/C19H22N6O/c1-3-24-11-7-17(22-24)19(26)23-10-6-16(13-23)25-14(2)12-21-18(25)15-4-8-20-9-5-15/h4-5,7-9,11-12,16H,3,6,10,13H2,1-2H3. The molecule has 0 aliphatic carbocycles. The summed E-state index contributed by atoms with van der Waals surface area (Å²) >= 11 is 0. The zero-order valence-electron chi connectivity index (χ0n) is 15.0. The molecule has 7 nitrogen and oxygen atoms in total. The predicted molar refractivity (Wildman–Crippen MR) is 97.7 cm³/mol. The van der Waals surface area contributed by atoms with E-state index in [2.05, 4.69) is 26.6 Å². The van der Waals surface area contributed by atoms with Crippen LogP contribution in [0.3, 0.4) is 0 Å². The lowest BCUT2D eigenvalue weighted by molar-refractivity contribution is 0.0781. The van der Waals surface area contributed by atoms with Gasteiger partial charge in [0.25, 0.3) is 5.91 Å². The van der Waals surface area contributed by atoms with Crippen LogP contribution in [0.4, 0.5) is 0 Å². The number of carbonyl (C=O) groups excluding carboxylic acids is 1. The molecular formula is C19H22N6O. The van der Waals surface area contributed by atoms with E-state index < -0.39 is 0 Å². The smallest absolute Gasteiger partial charge is 0.274 e. The van der Waals surface area contributed by atoms with Crippen LogP contribution in [0.1, 0.15) is 35.6 Å². The Labute approximate surface area is 152 Å². The third-order valence-corrected chi connectivity index (χ3v) is 4.92. The van der Waals surface area contributed by atoms with E-state index in [0.717, 1.165) is 36.6 Å². The van der Waals surface area contributed by atoms with Crippen LogP contribution in [0.25, 0.3) is 11.4 Å². The van der Waals surface area contributed by atoms with Crippen molar-refractivity contribution in [3.05, 3.63) is 54.4 Å². The summed E-state index contributed by atoms with van der Waals surface area (Å²) in [7, 11) is 0. The van der Waals surface area contributed by atoms with E-state index in [9.17, 15) is 4.79 Å². The Morgan fingerprint density at radius 3 is 2.81 bits per heavy atom. The molecule has 4 rings (SSSR count). The zero-order chi connectivity index (χ0) is 18.1. The Morgan fingerprint density at radius 1 is 1.27 bits per heavy atom. The molecule has 1 unspecified atom stereocenters. The van der Waals surface area contributed by atoms with Gasteiger partial charge in [-0.25, -0.2) is 4.98 Å². The molecule has 3 aromatic heterocycles. The molecule has 134 valence electrons. The van der Waals surface area contributed by atoms with Gasteiger partial charge in [0, 0.05) is 55.7 Å². The third-order valence-electron chi connectivity index (χ3n) is 4.92. The summed E-state index contributed by atoms with van der Waals surface area (Å²) in [6, 6.07) is 5.95. The van der Waals surface area contributed by atoms with Gasteiger partial charge >= 0.3 is 0 Å². The van der Waals surface area contributed by atoms with Gasteiger partial charge in [-0.2, -0.15) is 5.10 Å². The number of imidazole rings is 1. The van der Waals surface area contributed by atoms with Crippen molar-refractivity contribution < 1.29 is 4.79 Å². The molecule has 1 saturated heterocycles. The normalized spacial score (nSPS) is 17.0. The Balaban J connectivity index is 1.56. The van der Waals surface area contributed by atoms with Gasteiger partial charge in [0.15, 0.2) is 0 Å². The monoisotopic (exact) mass is 350 g/mol.